The summed E-state index contributed by atoms with van der Waals surface area (Å²) in [4.78, 5) is 17.8. The zero-order chi connectivity index (χ0) is 12.3. The molecule has 0 bridgehead atoms. The topological polar surface area (TPSA) is 38.1 Å². The molecule has 0 atom stereocenters. The van der Waals surface area contributed by atoms with Gasteiger partial charge in [0.25, 0.3) is 0 Å². The highest BCUT2D eigenvalue weighted by atomic mass is 16.1. The van der Waals surface area contributed by atoms with Crippen molar-refractivity contribution in [1.82, 2.24) is 14.5 Å². The molecule has 0 saturated heterocycles. The number of nitrogens with zero attached hydrogens (tertiary/aromatic N) is 3. The van der Waals surface area contributed by atoms with Gasteiger partial charge in [-0.15, -0.1) is 0 Å². The first-order chi connectivity index (χ1) is 8.20. The van der Waals surface area contributed by atoms with E-state index in [2.05, 4.69) is 28.4 Å². The summed E-state index contributed by atoms with van der Waals surface area (Å²) in [7, 11) is 2.15. The van der Waals surface area contributed by atoms with E-state index in [1.165, 1.54) is 5.69 Å². The number of carbonyl (C=O) groups is 1. The second-order valence-corrected chi connectivity index (χ2v) is 4.86. The van der Waals surface area contributed by atoms with Crippen LogP contribution in [0.4, 0.5) is 0 Å². The molecule has 1 heterocycles. The number of ketones is 1. The lowest BCUT2D eigenvalue weighted by Crippen LogP contribution is -2.35. The molecular weight excluding hydrogens is 214 g/mol. The Balaban J connectivity index is 1.92. The minimum absolute atomic E-state index is 0.424. The van der Waals surface area contributed by atoms with Gasteiger partial charge in [-0.3, -0.25) is 9.69 Å². The van der Waals surface area contributed by atoms with E-state index in [9.17, 15) is 4.79 Å². The molecule has 0 unspecified atom stereocenters. The van der Waals surface area contributed by atoms with E-state index in [0.717, 1.165) is 38.8 Å². The van der Waals surface area contributed by atoms with Crippen molar-refractivity contribution in [3.63, 3.8) is 0 Å². The van der Waals surface area contributed by atoms with Crippen LogP contribution in [0.25, 0.3) is 0 Å². The Bertz CT molecular complexity index is 376. The molecular formula is C13H21N3O. The second-order valence-electron chi connectivity index (χ2n) is 4.86. The van der Waals surface area contributed by atoms with Gasteiger partial charge >= 0.3 is 0 Å². The smallest absolute Gasteiger partial charge is 0.133 e. The molecule has 0 spiro atoms. The summed E-state index contributed by atoms with van der Waals surface area (Å²) in [5.41, 5.74) is 1.26. The van der Waals surface area contributed by atoms with E-state index in [1.807, 2.05) is 12.5 Å². The van der Waals surface area contributed by atoms with Gasteiger partial charge in [0.05, 0.1) is 12.0 Å². The summed E-state index contributed by atoms with van der Waals surface area (Å²) in [5, 5.41) is 0. The molecule has 1 aromatic heterocycles. The normalized spacial score (nSPS) is 17.9. The van der Waals surface area contributed by atoms with Crippen LogP contribution in [0.15, 0.2) is 12.5 Å². The van der Waals surface area contributed by atoms with E-state index in [0.29, 0.717) is 11.8 Å². The molecule has 0 radical (unpaired) electrons. The minimum Gasteiger partial charge on any atom is -0.334 e. The first-order valence-electron chi connectivity index (χ1n) is 6.41. The molecule has 0 aromatic carbocycles. The van der Waals surface area contributed by atoms with Crippen molar-refractivity contribution >= 4 is 5.78 Å². The van der Waals surface area contributed by atoms with Crippen molar-refractivity contribution in [2.24, 2.45) is 0 Å². The standard InChI is InChI=1S/C13H21N3O/c1-3-16-10-14-8-12(16)9-15(2)11-4-6-13(17)7-5-11/h8,10-11H,3-7,9H2,1-2H3. The van der Waals surface area contributed by atoms with Gasteiger partial charge in [-0.05, 0) is 26.8 Å². The lowest BCUT2D eigenvalue weighted by Gasteiger charge is -2.30. The van der Waals surface area contributed by atoms with Crippen LogP contribution in [0.5, 0.6) is 0 Å². The Kier molecular flexibility index (Phi) is 3.94. The largest absolute Gasteiger partial charge is 0.334 e. The van der Waals surface area contributed by atoms with Crippen LogP contribution in [0, 0.1) is 0 Å². The van der Waals surface area contributed by atoms with Gasteiger partial charge in [0, 0.05) is 38.2 Å². The van der Waals surface area contributed by atoms with E-state index in [4.69, 9.17) is 0 Å². The van der Waals surface area contributed by atoms with Crippen molar-refractivity contribution in [1.29, 1.82) is 0 Å². The Hall–Kier alpha value is -1.16. The van der Waals surface area contributed by atoms with Gasteiger partial charge in [-0.1, -0.05) is 0 Å². The zero-order valence-corrected chi connectivity index (χ0v) is 10.7. The third-order valence-electron chi connectivity index (χ3n) is 3.69. The number of aromatic nitrogens is 2. The monoisotopic (exact) mass is 235 g/mol. The predicted molar refractivity (Wildman–Crippen MR) is 66.6 cm³/mol. The fraction of sp³-hybridized carbons (Fsp3) is 0.692. The third kappa shape index (κ3) is 2.94. The fourth-order valence-corrected chi connectivity index (χ4v) is 2.51. The van der Waals surface area contributed by atoms with Crippen LogP contribution in [-0.2, 0) is 17.9 Å². The van der Waals surface area contributed by atoms with Gasteiger partial charge in [-0.25, -0.2) is 4.98 Å². The van der Waals surface area contributed by atoms with Gasteiger partial charge < -0.3 is 4.57 Å². The van der Waals surface area contributed by atoms with Crippen LogP contribution in [-0.4, -0.2) is 33.3 Å². The van der Waals surface area contributed by atoms with Crippen LogP contribution in [0.2, 0.25) is 0 Å². The molecule has 2 rings (SSSR count). The minimum atomic E-state index is 0.424. The lowest BCUT2D eigenvalue weighted by molar-refractivity contribution is -0.121. The van der Waals surface area contributed by atoms with Crippen LogP contribution >= 0.6 is 0 Å². The number of rotatable bonds is 4. The molecule has 4 nitrogen and oxygen atoms in total. The SMILES string of the molecule is CCn1cncc1CN(C)C1CCC(=O)CC1. The highest BCUT2D eigenvalue weighted by Gasteiger charge is 2.22. The van der Waals surface area contributed by atoms with Gasteiger partial charge in [0.2, 0.25) is 0 Å². The van der Waals surface area contributed by atoms with Crippen LogP contribution < -0.4 is 0 Å². The van der Waals surface area contributed by atoms with Crippen LogP contribution in [0.3, 0.4) is 0 Å². The highest BCUT2D eigenvalue weighted by Crippen LogP contribution is 2.20. The summed E-state index contributed by atoms with van der Waals surface area (Å²) < 4.78 is 2.17. The molecule has 0 amide bonds. The Labute approximate surface area is 103 Å². The van der Waals surface area contributed by atoms with Crippen molar-refractivity contribution in [3.05, 3.63) is 18.2 Å². The molecule has 0 aliphatic heterocycles. The summed E-state index contributed by atoms with van der Waals surface area (Å²) >= 11 is 0. The molecule has 1 aromatic rings. The maximum Gasteiger partial charge on any atom is 0.133 e. The first kappa shape index (κ1) is 12.3. The molecule has 0 N–H and O–H groups in total. The van der Waals surface area contributed by atoms with Gasteiger partial charge in [-0.2, -0.15) is 0 Å². The molecule has 1 aliphatic rings. The van der Waals surface area contributed by atoms with E-state index in [1.54, 1.807) is 0 Å². The Morgan fingerprint density at radius 3 is 2.82 bits per heavy atom. The fourth-order valence-electron chi connectivity index (χ4n) is 2.51. The second kappa shape index (κ2) is 5.45. The summed E-state index contributed by atoms with van der Waals surface area (Å²) in [6.45, 7) is 4.02. The van der Waals surface area contributed by atoms with E-state index >= 15 is 0 Å². The maximum absolute atomic E-state index is 11.2. The lowest BCUT2D eigenvalue weighted by atomic mass is 9.93. The molecule has 1 fully saturated rings. The molecule has 17 heavy (non-hydrogen) atoms. The number of Topliss-reactive ketones (excluding diaryl/α,β-unsaturated/α-hetero) is 1. The Morgan fingerprint density at radius 1 is 1.47 bits per heavy atom. The summed E-state index contributed by atoms with van der Waals surface area (Å²) in [6, 6.07) is 0.549. The number of imidazole rings is 1. The van der Waals surface area contributed by atoms with Crippen molar-refractivity contribution < 1.29 is 4.79 Å². The van der Waals surface area contributed by atoms with Gasteiger partial charge in [0.1, 0.15) is 5.78 Å². The quantitative estimate of drug-likeness (QED) is 0.799. The maximum atomic E-state index is 11.2. The zero-order valence-electron chi connectivity index (χ0n) is 10.7. The number of hydrogen-bond acceptors (Lipinski definition) is 3. The first-order valence-corrected chi connectivity index (χ1v) is 6.41. The van der Waals surface area contributed by atoms with E-state index < -0.39 is 0 Å². The molecule has 94 valence electrons. The van der Waals surface area contributed by atoms with E-state index in [-0.39, 0.29) is 0 Å². The van der Waals surface area contributed by atoms with Crippen LogP contribution in [0.1, 0.15) is 38.3 Å². The van der Waals surface area contributed by atoms with Crippen molar-refractivity contribution in [2.45, 2.75) is 51.7 Å². The number of aryl methyl sites for hydroxylation is 1. The number of carbonyl (C=O) groups excluding carboxylic acids is 1. The number of hydrogen-bond donors (Lipinski definition) is 0. The highest BCUT2D eigenvalue weighted by molar-refractivity contribution is 5.79. The Morgan fingerprint density at radius 2 is 2.18 bits per heavy atom. The summed E-state index contributed by atoms with van der Waals surface area (Å²) in [5.74, 6) is 0.424. The summed E-state index contributed by atoms with van der Waals surface area (Å²) in [6.07, 6.45) is 7.34. The van der Waals surface area contributed by atoms with Crippen molar-refractivity contribution in [2.75, 3.05) is 7.05 Å². The average molecular weight is 235 g/mol. The molecule has 4 heteroatoms. The predicted octanol–water partition coefficient (Wildman–Crippen LogP) is 1.85. The van der Waals surface area contributed by atoms with Gasteiger partial charge in [0.15, 0.2) is 0 Å². The van der Waals surface area contributed by atoms with Crippen molar-refractivity contribution in [3.8, 4) is 0 Å². The molecule has 1 saturated carbocycles. The average Bonchev–Trinajstić information content (AvgIpc) is 2.77. The third-order valence-corrected chi connectivity index (χ3v) is 3.69. The molecule has 1 aliphatic carbocycles.